The van der Waals surface area contributed by atoms with Gasteiger partial charge in [-0.1, -0.05) is 32.0 Å². The fourth-order valence-corrected chi connectivity index (χ4v) is 2.13. The Labute approximate surface area is 70.9 Å². The molecule has 0 radical (unpaired) electrons. The van der Waals surface area contributed by atoms with Crippen molar-refractivity contribution in [3.8, 4) is 0 Å². The highest BCUT2D eigenvalue weighted by Gasteiger charge is 2.01. The van der Waals surface area contributed by atoms with E-state index in [0.29, 0.717) is 0 Å². The summed E-state index contributed by atoms with van der Waals surface area (Å²) in [5, 5.41) is 17.5. The minimum absolute atomic E-state index is 0.0842. The van der Waals surface area contributed by atoms with Gasteiger partial charge in [-0.15, -0.1) is 0 Å². The van der Waals surface area contributed by atoms with Gasteiger partial charge in [-0.2, -0.15) is 0 Å². The molecule has 0 heterocycles. The first-order valence-electron chi connectivity index (χ1n) is 4.45. The fourth-order valence-electron chi connectivity index (χ4n) is 1.02. The Morgan fingerprint density at radius 3 is 2.36 bits per heavy atom. The average molecular weight is 176 g/mol. The van der Waals surface area contributed by atoms with Crippen molar-refractivity contribution in [2.24, 2.45) is 0 Å². The second-order valence-corrected chi connectivity index (χ2v) is 6.88. The second-order valence-electron chi connectivity index (χ2n) is 3.51. The summed E-state index contributed by atoms with van der Waals surface area (Å²) in [6, 6.07) is 1.36. The quantitative estimate of drug-likeness (QED) is 0.468. The molecular weight excluding hydrogens is 156 g/mol. The molecule has 0 saturated carbocycles. The van der Waals surface area contributed by atoms with Gasteiger partial charge in [-0.05, 0) is 6.42 Å². The summed E-state index contributed by atoms with van der Waals surface area (Å²) in [6.07, 6.45) is 2.56. The molecule has 0 aliphatic heterocycles. The third-order valence-corrected chi connectivity index (χ3v) is 3.34. The molecule has 2 nitrogen and oxygen atoms in total. The molecule has 11 heavy (non-hydrogen) atoms. The molecule has 3 heteroatoms. The van der Waals surface area contributed by atoms with Gasteiger partial charge in [-0.25, -0.2) is 0 Å². The SMILES string of the molecule is C[SiH](C)CCCCC(O)CO. The molecule has 0 aromatic carbocycles. The van der Waals surface area contributed by atoms with E-state index in [1.54, 1.807) is 0 Å². The fraction of sp³-hybridized carbons (Fsp3) is 1.00. The van der Waals surface area contributed by atoms with Gasteiger partial charge in [0, 0.05) is 8.80 Å². The minimum atomic E-state index is -0.483. The van der Waals surface area contributed by atoms with Crippen LogP contribution in [0.4, 0.5) is 0 Å². The van der Waals surface area contributed by atoms with Crippen molar-refractivity contribution >= 4 is 8.80 Å². The lowest BCUT2D eigenvalue weighted by Crippen LogP contribution is -2.11. The molecule has 0 aliphatic rings. The van der Waals surface area contributed by atoms with Crippen LogP contribution in [0.3, 0.4) is 0 Å². The molecule has 0 saturated heterocycles. The van der Waals surface area contributed by atoms with Crippen molar-refractivity contribution in [1.82, 2.24) is 0 Å². The van der Waals surface area contributed by atoms with E-state index in [2.05, 4.69) is 13.1 Å². The lowest BCUT2D eigenvalue weighted by Gasteiger charge is -2.06. The highest BCUT2D eigenvalue weighted by molar-refractivity contribution is 6.55. The smallest absolute Gasteiger partial charge is 0.0770 e. The summed E-state index contributed by atoms with van der Waals surface area (Å²) in [7, 11) is -0.387. The number of rotatable bonds is 6. The van der Waals surface area contributed by atoms with E-state index in [-0.39, 0.29) is 15.4 Å². The molecule has 0 aromatic heterocycles. The number of hydrogen-bond acceptors (Lipinski definition) is 2. The maximum atomic E-state index is 8.98. The van der Waals surface area contributed by atoms with Crippen LogP contribution in [0.1, 0.15) is 19.3 Å². The van der Waals surface area contributed by atoms with Gasteiger partial charge in [0.1, 0.15) is 0 Å². The lowest BCUT2D eigenvalue weighted by molar-refractivity contribution is 0.0864. The van der Waals surface area contributed by atoms with E-state index >= 15 is 0 Å². The van der Waals surface area contributed by atoms with Crippen LogP contribution < -0.4 is 0 Å². The van der Waals surface area contributed by atoms with Gasteiger partial charge in [0.25, 0.3) is 0 Å². The summed E-state index contributed by atoms with van der Waals surface area (Å²) < 4.78 is 0. The number of aliphatic hydroxyl groups is 2. The van der Waals surface area contributed by atoms with Crippen LogP contribution in [-0.4, -0.2) is 31.7 Å². The maximum absolute atomic E-state index is 8.98. The van der Waals surface area contributed by atoms with Gasteiger partial charge < -0.3 is 10.2 Å². The molecular formula is C8H20O2Si. The van der Waals surface area contributed by atoms with Crippen LogP contribution in [0.25, 0.3) is 0 Å². The van der Waals surface area contributed by atoms with Gasteiger partial charge >= 0.3 is 0 Å². The van der Waals surface area contributed by atoms with Crippen molar-refractivity contribution in [2.75, 3.05) is 6.61 Å². The molecule has 1 atom stereocenters. The van der Waals surface area contributed by atoms with Crippen LogP contribution in [-0.2, 0) is 0 Å². The first-order chi connectivity index (χ1) is 5.16. The zero-order chi connectivity index (χ0) is 8.69. The molecule has 0 spiro atoms. The van der Waals surface area contributed by atoms with E-state index in [1.807, 2.05) is 0 Å². The highest BCUT2D eigenvalue weighted by Crippen LogP contribution is 2.06. The molecule has 0 rings (SSSR count). The number of hydrogen-bond donors (Lipinski definition) is 2. The Balaban J connectivity index is 3.01. The first-order valence-corrected chi connectivity index (χ1v) is 7.58. The molecule has 68 valence electrons. The molecule has 1 unspecified atom stereocenters. The topological polar surface area (TPSA) is 40.5 Å². The summed E-state index contributed by atoms with van der Waals surface area (Å²) >= 11 is 0. The third-order valence-electron chi connectivity index (χ3n) is 1.78. The molecule has 2 N–H and O–H groups in total. The van der Waals surface area contributed by atoms with Gasteiger partial charge in [0.15, 0.2) is 0 Å². The zero-order valence-electron chi connectivity index (χ0n) is 7.58. The minimum Gasteiger partial charge on any atom is -0.394 e. The van der Waals surface area contributed by atoms with Crippen LogP contribution in [0, 0.1) is 0 Å². The van der Waals surface area contributed by atoms with E-state index in [0.717, 1.165) is 12.8 Å². The van der Waals surface area contributed by atoms with Crippen molar-refractivity contribution in [1.29, 1.82) is 0 Å². The lowest BCUT2D eigenvalue weighted by atomic mass is 10.2. The molecule has 0 fully saturated rings. The van der Waals surface area contributed by atoms with Crippen LogP contribution in [0.2, 0.25) is 19.1 Å². The van der Waals surface area contributed by atoms with Gasteiger partial charge in [-0.3, -0.25) is 0 Å². The van der Waals surface area contributed by atoms with E-state index in [9.17, 15) is 0 Å². The molecule has 0 aromatic rings. The normalized spacial score (nSPS) is 13.9. The summed E-state index contributed by atoms with van der Waals surface area (Å²) in [5.41, 5.74) is 0. The molecule has 0 aliphatic carbocycles. The molecule has 0 bridgehead atoms. The Kier molecular flexibility index (Phi) is 6.91. The second kappa shape index (κ2) is 6.82. The average Bonchev–Trinajstić information content (AvgIpc) is 1.97. The van der Waals surface area contributed by atoms with Crippen molar-refractivity contribution in [3.63, 3.8) is 0 Å². The summed E-state index contributed by atoms with van der Waals surface area (Å²) in [4.78, 5) is 0. The van der Waals surface area contributed by atoms with Crippen LogP contribution in [0.15, 0.2) is 0 Å². The summed E-state index contributed by atoms with van der Waals surface area (Å²) in [6.45, 7) is 4.59. The third kappa shape index (κ3) is 8.04. The van der Waals surface area contributed by atoms with Crippen molar-refractivity contribution < 1.29 is 10.2 Å². The monoisotopic (exact) mass is 176 g/mol. The van der Waals surface area contributed by atoms with Gasteiger partial charge in [0.05, 0.1) is 12.7 Å². The standard InChI is InChI=1S/C8H20O2Si/c1-11(2)6-4-3-5-8(10)7-9/h8-11H,3-7H2,1-2H3. The van der Waals surface area contributed by atoms with E-state index < -0.39 is 6.10 Å². The van der Waals surface area contributed by atoms with Crippen molar-refractivity contribution in [3.05, 3.63) is 0 Å². The highest BCUT2D eigenvalue weighted by atomic mass is 28.3. The predicted molar refractivity (Wildman–Crippen MR) is 50.6 cm³/mol. The Bertz CT molecular complexity index is 86.2. The van der Waals surface area contributed by atoms with Crippen LogP contribution >= 0.6 is 0 Å². The molecule has 0 amide bonds. The van der Waals surface area contributed by atoms with Crippen LogP contribution in [0.5, 0.6) is 0 Å². The van der Waals surface area contributed by atoms with Gasteiger partial charge in [0.2, 0.25) is 0 Å². The Morgan fingerprint density at radius 1 is 1.27 bits per heavy atom. The zero-order valence-corrected chi connectivity index (χ0v) is 8.74. The number of aliphatic hydroxyl groups excluding tert-OH is 2. The van der Waals surface area contributed by atoms with E-state index in [4.69, 9.17) is 10.2 Å². The Morgan fingerprint density at radius 2 is 1.91 bits per heavy atom. The largest absolute Gasteiger partial charge is 0.394 e. The maximum Gasteiger partial charge on any atom is 0.0770 e. The summed E-state index contributed by atoms with van der Waals surface area (Å²) in [5.74, 6) is 0. The first kappa shape index (κ1) is 11.1. The Hall–Kier alpha value is 0.137. The number of unbranched alkanes of at least 4 members (excludes halogenated alkanes) is 1. The predicted octanol–water partition coefficient (Wildman–Crippen LogP) is 0.997. The van der Waals surface area contributed by atoms with Crippen molar-refractivity contribution in [2.45, 2.75) is 44.5 Å². The van der Waals surface area contributed by atoms with E-state index in [1.165, 1.54) is 12.5 Å².